The highest BCUT2D eigenvalue weighted by molar-refractivity contribution is 7.85. The minimum atomic E-state index is -4.39. The van der Waals surface area contributed by atoms with Gasteiger partial charge in [-0.25, -0.2) is 4.58 Å². The van der Waals surface area contributed by atoms with Gasteiger partial charge in [0.15, 0.2) is 0 Å². The van der Waals surface area contributed by atoms with Gasteiger partial charge < -0.3 is 14.6 Å². The van der Waals surface area contributed by atoms with Crippen LogP contribution in [0.2, 0.25) is 0 Å². The van der Waals surface area contributed by atoms with E-state index in [1.165, 1.54) is 16.5 Å². The highest BCUT2D eigenvalue weighted by Gasteiger charge is 2.40. The lowest BCUT2D eigenvalue weighted by atomic mass is 9.83. The molecule has 1 saturated heterocycles. The number of carbonyl (C=O) groups is 3. The molecule has 0 spiro atoms. The molecule has 1 fully saturated rings. The van der Waals surface area contributed by atoms with Gasteiger partial charge >= 0.3 is 0 Å². The molecule has 4 aliphatic rings. The summed E-state index contributed by atoms with van der Waals surface area (Å²) in [6, 6.07) is 13.3. The number of fused-ring (bicyclic) bond motifs is 2. The molecule has 0 aromatic heterocycles. The third kappa shape index (κ3) is 9.76. The van der Waals surface area contributed by atoms with Gasteiger partial charge in [-0.2, -0.15) is 8.42 Å². The van der Waals surface area contributed by atoms with E-state index in [1.54, 1.807) is 12.1 Å². The van der Waals surface area contributed by atoms with Gasteiger partial charge in [-0.1, -0.05) is 59.3 Å². The van der Waals surface area contributed by atoms with Crippen LogP contribution in [0.1, 0.15) is 104 Å². The van der Waals surface area contributed by atoms with Crippen molar-refractivity contribution in [3.8, 4) is 11.3 Å². The van der Waals surface area contributed by atoms with E-state index in [-0.39, 0.29) is 54.0 Å². The van der Waals surface area contributed by atoms with Gasteiger partial charge in [0.25, 0.3) is 10.1 Å². The van der Waals surface area contributed by atoms with Crippen LogP contribution in [0.4, 0.5) is 5.69 Å². The molecular weight excluding hydrogens is 729 g/mol. The first-order valence-electron chi connectivity index (χ1n) is 19.7. The van der Waals surface area contributed by atoms with Crippen molar-refractivity contribution in [1.82, 2.24) is 14.8 Å². The zero-order chi connectivity index (χ0) is 40.8. The minimum absolute atomic E-state index is 0.0960. The molecule has 0 radical (unpaired) electrons. The average molecular weight is 786 g/mol. The Labute approximate surface area is 331 Å². The van der Waals surface area contributed by atoms with Crippen molar-refractivity contribution in [2.24, 2.45) is 0 Å². The molecule has 2 N–H and O–H groups in total. The summed E-state index contributed by atoms with van der Waals surface area (Å²) in [6.07, 6.45) is 12.9. The number of amides is 3. The summed E-state index contributed by atoms with van der Waals surface area (Å²) in [6.45, 7) is 17.9. The number of nitrogens with one attached hydrogen (secondary N) is 1. The van der Waals surface area contributed by atoms with Crippen LogP contribution < -0.4 is 20.1 Å². The van der Waals surface area contributed by atoms with Crippen LogP contribution in [-0.4, -0.2) is 68.3 Å². The highest BCUT2D eigenvalue weighted by Crippen LogP contribution is 2.48. The molecule has 1 aliphatic carbocycles. The number of imide groups is 1. The number of carbonyl (C=O) groups excluding carboxylic acids is 3. The first-order chi connectivity index (χ1) is 26.4. The fraction of sp³-hybridized carbons (Fsp3) is 0.455. The average Bonchev–Trinajstić information content (AvgIpc) is 3.57. The van der Waals surface area contributed by atoms with Crippen LogP contribution in [0.5, 0.6) is 0 Å². The lowest BCUT2D eigenvalue weighted by molar-refractivity contribution is -0.138. The molecule has 3 heterocycles. The smallest absolute Gasteiger partial charge is 0.294 e. The summed E-state index contributed by atoms with van der Waals surface area (Å²) in [5.41, 5.74) is 4.28. The Morgan fingerprint density at radius 1 is 0.929 bits per heavy atom. The number of hydrogen-bond acceptors (Lipinski definition) is 7. The van der Waals surface area contributed by atoms with Gasteiger partial charge in [-0.3, -0.25) is 23.8 Å². The minimum Gasteiger partial charge on any atom is -0.456 e. The van der Waals surface area contributed by atoms with Gasteiger partial charge in [0.1, 0.15) is 24.6 Å². The van der Waals surface area contributed by atoms with Crippen LogP contribution in [0.3, 0.4) is 0 Å². The molecule has 1 aromatic carbocycles. The van der Waals surface area contributed by atoms with E-state index in [9.17, 15) is 27.4 Å². The second-order valence-electron chi connectivity index (χ2n) is 16.0. The summed E-state index contributed by atoms with van der Waals surface area (Å²) in [5, 5.41) is 3.93. The van der Waals surface area contributed by atoms with Crippen molar-refractivity contribution in [3.63, 3.8) is 0 Å². The van der Waals surface area contributed by atoms with E-state index in [0.29, 0.717) is 19.4 Å². The Morgan fingerprint density at radius 3 is 2.30 bits per heavy atom. The second-order valence-corrected chi connectivity index (χ2v) is 17.4. The third-order valence-electron chi connectivity index (χ3n) is 10.7. The van der Waals surface area contributed by atoms with Crippen LogP contribution in [0, 0.1) is 0 Å². The monoisotopic (exact) mass is 785 g/mol. The van der Waals surface area contributed by atoms with Gasteiger partial charge in [-0.15, -0.1) is 0 Å². The largest absolute Gasteiger partial charge is 0.456 e. The van der Waals surface area contributed by atoms with Gasteiger partial charge in [-0.05, 0) is 85.7 Å². The van der Waals surface area contributed by atoms with E-state index >= 15 is 0 Å². The summed E-state index contributed by atoms with van der Waals surface area (Å²) in [5.74, 6) is 1.08. The standard InChI is InChI=1S/C44H56N4O7S/c1-8-46(9-2)31-19-21-34-35(43(3,4)5)29-32(55-38(34)28-31)16-12-10-13-17-39-44(6,7)36-30-33(56(52,53)54)20-22-37(36)47(39)26-15-11-14-18-40(49)45-25-27-48-41(50)23-24-42(48)51/h10,12-13,16-17,19-22,28-30H,8-9,11,14-15,18,23-27H2,1-7H3,(H-,45,49,52,53,54)/p+1. The summed E-state index contributed by atoms with van der Waals surface area (Å²) < 4.78 is 42.7. The van der Waals surface area contributed by atoms with Crippen LogP contribution >= 0.6 is 0 Å². The van der Waals surface area contributed by atoms with E-state index in [0.717, 1.165) is 65.3 Å². The first-order valence-corrected chi connectivity index (χ1v) is 21.1. The molecule has 5 rings (SSSR count). The van der Waals surface area contributed by atoms with E-state index in [4.69, 9.17) is 4.42 Å². The van der Waals surface area contributed by atoms with Gasteiger partial charge in [0.05, 0.1) is 11.0 Å². The predicted octanol–water partition coefficient (Wildman–Crippen LogP) is 6.82. The number of unbranched alkanes of at least 4 members (excludes halogenated alkanes) is 2. The highest BCUT2D eigenvalue weighted by atomic mass is 32.2. The normalized spacial score (nSPS) is 16.6. The summed E-state index contributed by atoms with van der Waals surface area (Å²) in [4.78, 5) is 39.3. The molecule has 0 unspecified atom stereocenters. The van der Waals surface area contributed by atoms with Gasteiger partial charge in [0, 0.05) is 67.3 Å². The molecule has 11 nitrogen and oxygen atoms in total. The fourth-order valence-corrected chi connectivity index (χ4v) is 8.11. The van der Waals surface area contributed by atoms with Crippen LogP contribution in [-0.2, 0) is 35.3 Å². The van der Waals surface area contributed by atoms with Crippen molar-refractivity contribution < 1.29 is 31.8 Å². The van der Waals surface area contributed by atoms with Crippen molar-refractivity contribution in [2.45, 2.75) is 103 Å². The maximum absolute atomic E-state index is 12.4. The molecule has 56 heavy (non-hydrogen) atoms. The van der Waals surface area contributed by atoms with Gasteiger partial charge in [0.2, 0.25) is 23.1 Å². The molecule has 300 valence electrons. The number of nitrogens with zero attached hydrogens (tertiary/aromatic N) is 3. The van der Waals surface area contributed by atoms with Crippen molar-refractivity contribution in [1.29, 1.82) is 0 Å². The molecular formula is C44H57N4O7S+. The Morgan fingerprint density at radius 2 is 1.64 bits per heavy atom. The van der Waals surface area contributed by atoms with E-state index in [2.05, 4.69) is 73.7 Å². The van der Waals surface area contributed by atoms with Crippen LogP contribution in [0.15, 0.2) is 81.8 Å². The fourth-order valence-electron chi connectivity index (χ4n) is 7.60. The number of anilines is 1. The Bertz CT molecular complexity index is 2180. The number of hydrogen-bond donors (Lipinski definition) is 2. The molecule has 0 bridgehead atoms. The zero-order valence-electron chi connectivity index (χ0n) is 33.9. The predicted molar refractivity (Wildman–Crippen MR) is 221 cm³/mol. The summed E-state index contributed by atoms with van der Waals surface area (Å²) in [7, 11) is -4.39. The van der Waals surface area contributed by atoms with Crippen molar-refractivity contribution >= 4 is 39.6 Å². The van der Waals surface area contributed by atoms with E-state index in [1.807, 2.05) is 44.2 Å². The lowest BCUT2D eigenvalue weighted by Gasteiger charge is -2.27. The molecule has 3 amide bonds. The third-order valence-corrected chi connectivity index (χ3v) is 11.6. The van der Waals surface area contributed by atoms with Crippen LogP contribution in [0.25, 0.3) is 17.4 Å². The second kappa shape index (κ2) is 17.5. The molecule has 0 saturated carbocycles. The van der Waals surface area contributed by atoms with Crippen molar-refractivity contribution in [3.05, 3.63) is 94.7 Å². The maximum atomic E-state index is 12.4. The number of likely N-dealkylation sites (tertiary alicyclic amines) is 1. The molecule has 0 atom stereocenters. The number of benzene rings is 2. The Kier molecular flexibility index (Phi) is 13.3. The SMILES string of the molecule is CC[N+](CC)=c1ccc2c(C(C)(C)C)cc(/C=C/C=C/C=C3/N(CCCCCC(=O)NCCN4C(=O)CCC4=O)c4ccc(S(=O)(=O)O)cc4C3(C)C)oc-2c1. The Hall–Kier alpha value is -4.81. The molecule has 3 aliphatic heterocycles. The molecule has 12 heteroatoms. The molecule has 1 aromatic rings. The lowest BCUT2D eigenvalue weighted by Crippen LogP contribution is -2.37. The topological polar surface area (TPSA) is 140 Å². The first kappa shape index (κ1) is 42.3. The summed E-state index contributed by atoms with van der Waals surface area (Å²) >= 11 is 0. The quantitative estimate of drug-likeness (QED) is 0.0563. The Balaban J connectivity index is 1.31. The zero-order valence-corrected chi connectivity index (χ0v) is 34.7. The number of allylic oxidation sites excluding steroid dienone is 5. The maximum Gasteiger partial charge on any atom is 0.294 e. The van der Waals surface area contributed by atoms with E-state index < -0.39 is 15.5 Å². The number of rotatable bonds is 15. The van der Waals surface area contributed by atoms with Crippen molar-refractivity contribution in [2.75, 3.05) is 37.6 Å².